The number of anilines is 1. The molecule has 0 aliphatic rings. The van der Waals surface area contributed by atoms with Crippen LogP contribution in [-0.4, -0.2) is 9.97 Å². The van der Waals surface area contributed by atoms with Gasteiger partial charge >= 0.3 is 0 Å². The van der Waals surface area contributed by atoms with E-state index in [0.717, 1.165) is 27.2 Å². The van der Waals surface area contributed by atoms with Gasteiger partial charge in [-0.1, -0.05) is 11.8 Å². The summed E-state index contributed by atoms with van der Waals surface area (Å²) in [6.45, 7) is 4.13. The van der Waals surface area contributed by atoms with Gasteiger partial charge < -0.3 is 5.73 Å². The van der Waals surface area contributed by atoms with E-state index in [2.05, 4.69) is 16.9 Å². The summed E-state index contributed by atoms with van der Waals surface area (Å²) in [5.74, 6) is 0.834. The Morgan fingerprint density at radius 1 is 1.44 bits per heavy atom. The minimum absolute atomic E-state index is 0.734. The van der Waals surface area contributed by atoms with E-state index >= 15 is 0 Å². The van der Waals surface area contributed by atoms with Crippen molar-refractivity contribution in [1.82, 2.24) is 9.97 Å². The van der Waals surface area contributed by atoms with Gasteiger partial charge in [0.15, 0.2) is 0 Å². The summed E-state index contributed by atoms with van der Waals surface area (Å²) in [6, 6.07) is 3.71. The molecule has 2 aromatic rings. The Labute approximate surface area is 103 Å². The Kier molecular flexibility index (Phi) is 3.46. The van der Waals surface area contributed by atoms with Crippen LogP contribution >= 0.6 is 23.1 Å². The van der Waals surface area contributed by atoms with Crippen molar-refractivity contribution in [1.29, 1.82) is 0 Å². The number of nitrogens with zero attached hydrogens (tertiary/aromatic N) is 2. The van der Waals surface area contributed by atoms with Crippen molar-refractivity contribution in [2.45, 2.75) is 24.6 Å². The fourth-order valence-electron chi connectivity index (χ4n) is 1.25. The third-order valence-electron chi connectivity index (χ3n) is 2.21. The maximum Gasteiger partial charge on any atom is 0.119 e. The highest BCUT2D eigenvalue weighted by Gasteiger charge is 2.06. The summed E-state index contributed by atoms with van der Waals surface area (Å²) in [6.07, 6.45) is 1.76. The Hall–Kier alpha value is -1.07. The summed E-state index contributed by atoms with van der Waals surface area (Å²) < 4.78 is 0. The van der Waals surface area contributed by atoms with Crippen molar-refractivity contribution < 1.29 is 0 Å². The summed E-state index contributed by atoms with van der Waals surface area (Å²) in [7, 11) is 0. The number of thioether (sulfide) groups is 1. The predicted octanol–water partition coefficient (Wildman–Crippen LogP) is 3.03. The van der Waals surface area contributed by atoms with E-state index in [9.17, 15) is 0 Å². The molecule has 0 aliphatic carbocycles. The van der Waals surface area contributed by atoms with Gasteiger partial charge in [0.1, 0.15) is 10.0 Å². The monoisotopic (exact) mass is 251 g/mol. The zero-order chi connectivity index (χ0) is 11.5. The molecule has 0 amide bonds. The van der Waals surface area contributed by atoms with Crippen LogP contribution < -0.4 is 5.73 Å². The lowest BCUT2D eigenvalue weighted by Crippen LogP contribution is -1.91. The molecule has 0 saturated heterocycles. The zero-order valence-electron chi connectivity index (χ0n) is 9.23. The molecule has 16 heavy (non-hydrogen) atoms. The second kappa shape index (κ2) is 4.84. The Bertz CT molecular complexity index is 474. The number of nitrogens with two attached hydrogens (primary N) is 1. The molecular weight excluding hydrogens is 238 g/mol. The molecule has 84 valence electrons. The van der Waals surface area contributed by atoms with Gasteiger partial charge in [-0.25, -0.2) is 9.97 Å². The molecular formula is C11H13N3S2. The molecule has 0 spiro atoms. The van der Waals surface area contributed by atoms with Gasteiger partial charge in [-0.15, -0.1) is 11.3 Å². The lowest BCUT2D eigenvalue weighted by Gasteiger charge is -2.01. The molecule has 2 rings (SSSR count). The van der Waals surface area contributed by atoms with E-state index in [1.54, 1.807) is 29.3 Å². The van der Waals surface area contributed by atoms with Crippen molar-refractivity contribution in [3.63, 3.8) is 0 Å². The smallest absolute Gasteiger partial charge is 0.119 e. The van der Waals surface area contributed by atoms with Crippen LogP contribution in [-0.2, 0) is 5.75 Å². The first-order valence-electron chi connectivity index (χ1n) is 4.93. The molecule has 0 unspecified atom stereocenters. The van der Waals surface area contributed by atoms with E-state index in [0.29, 0.717) is 0 Å². The lowest BCUT2D eigenvalue weighted by atomic mass is 10.4. The first-order chi connectivity index (χ1) is 7.66. The Balaban J connectivity index is 2.05. The van der Waals surface area contributed by atoms with Gasteiger partial charge in [0.25, 0.3) is 0 Å². The van der Waals surface area contributed by atoms with Crippen LogP contribution in [0.5, 0.6) is 0 Å². The highest BCUT2D eigenvalue weighted by molar-refractivity contribution is 7.98. The van der Waals surface area contributed by atoms with Crippen molar-refractivity contribution in [3.05, 3.63) is 33.9 Å². The third kappa shape index (κ3) is 2.54. The van der Waals surface area contributed by atoms with E-state index in [1.807, 2.05) is 19.1 Å². The fourth-order valence-corrected chi connectivity index (χ4v) is 3.09. The summed E-state index contributed by atoms with van der Waals surface area (Å²) in [4.78, 5) is 10.0. The highest BCUT2D eigenvalue weighted by atomic mass is 32.2. The number of nitrogen functional groups attached to an aromatic ring is 1. The maximum atomic E-state index is 5.82. The van der Waals surface area contributed by atoms with Crippen LogP contribution in [0.25, 0.3) is 0 Å². The van der Waals surface area contributed by atoms with Crippen LogP contribution in [0.3, 0.4) is 0 Å². The van der Waals surface area contributed by atoms with Gasteiger partial charge in [0, 0.05) is 11.1 Å². The number of pyridine rings is 1. The Morgan fingerprint density at radius 2 is 2.25 bits per heavy atom. The van der Waals surface area contributed by atoms with E-state index in [-0.39, 0.29) is 0 Å². The number of rotatable bonds is 3. The van der Waals surface area contributed by atoms with Crippen molar-refractivity contribution in [2.75, 3.05) is 5.73 Å². The van der Waals surface area contributed by atoms with Crippen LogP contribution in [0.15, 0.2) is 23.4 Å². The molecule has 5 heteroatoms. The normalized spacial score (nSPS) is 10.6. The molecule has 2 aromatic heterocycles. The molecule has 2 N–H and O–H groups in total. The van der Waals surface area contributed by atoms with Gasteiger partial charge in [-0.3, -0.25) is 0 Å². The molecule has 0 radical (unpaired) electrons. The van der Waals surface area contributed by atoms with Crippen molar-refractivity contribution in [3.8, 4) is 0 Å². The average Bonchev–Trinajstić information content (AvgIpc) is 2.57. The molecule has 2 heterocycles. The molecule has 0 saturated carbocycles. The van der Waals surface area contributed by atoms with Gasteiger partial charge in [-0.2, -0.15) is 0 Å². The first-order valence-corrected chi connectivity index (χ1v) is 6.73. The SMILES string of the molecule is Cc1nc(CSc2ncccc2N)sc1C. The molecule has 0 bridgehead atoms. The van der Waals surface area contributed by atoms with Gasteiger partial charge in [-0.05, 0) is 26.0 Å². The molecule has 3 nitrogen and oxygen atoms in total. The van der Waals surface area contributed by atoms with Gasteiger partial charge in [0.2, 0.25) is 0 Å². The molecule has 0 fully saturated rings. The standard InChI is InChI=1S/C11H13N3S2/c1-7-8(2)16-10(14-7)6-15-11-9(12)4-3-5-13-11/h3-5H,6,12H2,1-2H3. The van der Waals surface area contributed by atoms with Crippen molar-refractivity contribution >= 4 is 28.8 Å². The summed E-state index contributed by atoms with van der Waals surface area (Å²) in [5, 5.41) is 2.01. The van der Waals surface area contributed by atoms with Crippen LogP contribution in [0.2, 0.25) is 0 Å². The zero-order valence-corrected chi connectivity index (χ0v) is 10.9. The number of hydrogen-bond donors (Lipinski definition) is 1. The second-order valence-corrected chi connectivity index (χ2v) is 5.69. The predicted molar refractivity (Wildman–Crippen MR) is 69.8 cm³/mol. The topological polar surface area (TPSA) is 51.8 Å². The van der Waals surface area contributed by atoms with E-state index < -0.39 is 0 Å². The lowest BCUT2D eigenvalue weighted by molar-refractivity contribution is 1.13. The van der Waals surface area contributed by atoms with Gasteiger partial charge in [0.05, 0.1) is 17.1 Å². The van der Waals surface area contributed by atoms with Crippen LogP contribution in [0.4, 0.5) is 5.69 Å². The minimum atomic E-state index is 0.734. The van der Waals surface area contributed by atoms with Crippen molar-refractivity contribution in [2.24, 2.45) is 0 Å². The van der Waals surface area contributed by atoms with E-state index in [1.165, 1.54) is 4.88 Å². The summed E-state index contributed by atoms with van der Waals surface area (Å²) in [5.41, 5.74) is 7.67. The molecule has 0 atom stereocenters. The average molecular weight is 251 g/mol. The second-order valence-electron chi connectivity index (χ2n) is 3.44. The summed E-state index contributed by atoms with van der Waals surface area (Å²) >= 11 is 3.37. The molecule has 0 aliphatic heterocycles. The maximum absolute atomic E-state index is 5.82. The van der Waals surface area contributed by atoms with E-state index in [4.69, 9.17) is 5.73 Å². The number of hydrogen-bond acceptors (Lipinski definition) is 5. The number of aromatic nitrogens is 2. The Morgan fingerprint density at radius 3 is 2.88 bits per heavy atom. The highest BCUT2D eigenvalue weighted by Crippen LogP contribution is 2.28. The van der Waals surface area contributed by atoms with Crippen LogP contribution in [0, 0.1) is 13.8 Å². The fraction of sp³-hybridized carbons (Fsp3) is 0.273. The number of aryl methyl sites for hydroxylation is 2. The minimum Gasteiger partial charge on any atom is -0.397 e. The number of thiazole rings is 1. The third-order valence-corrected chi connectivity index (χ3v) is 4.49. The van der Waals surface area contributed by atoms with Crippen LogP contribution in [0.1, 0.15) is 15.6 Å². The molecule has 0 aromatic carbocycles. The first kappa shape index (κ1) is 11.4. The largest absolute Gasteiger partial charge is 0.397 e. The quantitative estimate of drug-likeness (QED) is 0.852.